The van der Waals surface area contributed by atoms with Gasteiger partial charge in [0.05, 0.1) is 19.8 Å². The van der Waals surface area contributed by atoms with E-state index in [0.717, 1.165) is 103 Å². The number of aliphatic hydroxyl groups excluding tert-OH is 1. The quantitative estimate of drug-likeness (QED) is 0.0197. The van der Waals surface area contributed by atoms with Gasteiger partial charge in [-0.1, -0.05) is 258 Å². The molecule has 80 heavy (non-hydrogen) atoms. The summed E-state index contributed by atoms with van der Waals surface area (Å²) in [6, 6.07) is 0. The molecule has 12 heteroatoms. The third-order valence-corrected chi connectivity index (χ3v) is 13.8. The van der Waals surface area contributed by atoms with Crippen LogP contribution in [0, 0.1) is 0 Å². The van der Waals surface area contributed by atoms with Gasteiger partial charge in [-0.25, -0.2) is 4.57 Å². The lowest BCUT2D eigenvalue weighted by atomic mass is 10.0. The highest BCUT2D eigenvalue weighted by molar-refractivity contribution is 7.47. The zero-order valence-electron chi connectivity index (χ0n) is 50.5. The van der Waals surface area contributed by atoms with E-state index in [2.05, 4.69) is 130 Å². The number of esters is 3. The van der Waals surface area contributed by atoms with E-state index >= 15 is 0 Å². The Morgan fingerprint density at radius 1 is 0.362 bits per heavy atom. The van der Waals surface area contributed by atoms with Crippen molar-refractivity contribution in [2.24, 2.45) is 0 Å². The van der Waals surface area contributed by atoms with Crippen LogP contribution < -0.4 is 0 Å². The normalized spacial score (nSPS) is 14.1. The van der Waals surface area contributed by atoms with Gasteiger partial charge < -0.3 is 24.2 Å². The van der Waals surface area contributed by atoms with E-state index in [1.165, 1.54) is 83.5 Å². The number of rotatable bonds is 57. The molecule has 0 aromatic heterocycles. The van der Waals surface area contributed by atoms with Crippen LogP contribution >= 0.6 is 7.82 Å². The second-order valence-electron chi connectivity index (χ2n) is 20.5. The van der Waals surface area contributed by atoms with Crippen molar-refractivity contribution in [2.75, 3.05) is 26.4 Å². The van der Waals surface area contributed by atoms with Gasteiger partial charge in [-0.2, -0.15) is 0 Å². The molecule has 0 fully saturated rings. The van der Waals surface area contributed by atoms with Crippen molar-refractivity contribution in [1.29, 1.82) is 0 Å². The van der Waals surface area contributed by atoms with Crippen LogP contribution in [0.2, 0.25) is 0 Å². The number of carbonyl (C=O) groups is 3. The summed E-state index contributed by atoms with van der Waals surface area (Å²) in [6.07, 6.45) is 76.0. The van der Waals surface area contributed by atoms with E-state index < -0.39 is 57.8 Å². The fourth-order valence-electron chi connectivity index (χ4n) is 8.20. The minimum absolute atomic E-state index is 0.0316. The molecule has 0 aromatic carbocycles. The van der Waals surface area contributed by atoms with Crippen molar-refractivity contribution in [3.63, 3.8) is 0 Å². The Morgan fingerprint density at radius 3 is 1.07 bits per heavy atom. The van der Waals surface area contributed by atoms with Gasteiger partial charge >= 0.3 is 25.7 Å². The molecule has 3 atom stereocenters. The standard InChI is InChI=1S/C68H113O11P/c1-4-7-10-13-16-19-22-25-28-31-32-35-38-41-44-47-50-53-56-59-68(72)79-65(61-75-66(70)57-54-51-48-45-42-39-36-33-29-26-23-20-17-14-11-8-5-2)63-77-80(73,74)76-62-64(60-69)78-67(71)58-55-52-49-46-43-40-37-34-30-27-24-21-18-15-12-9-6-3/h7-8,10-11,16-17,19-20,25-26,28-29,32,35-36,39,41,44,50,53,64-65,69H,4-6,9,12-15,18,21-24,27,30-31,33-34,37-38,40,42-43,45-49,51-52,54-63H2,1-3H3,(H,73,74)/b10-7-,11-8-,19-16-,20-17-,28-25-,29-26-,35-32-,39-36-,44-41-,53-50-. The van der Waals surface area contributed by atoms with Crippen LogP contribution in [0.25, 0.3) is 0 Å². The summed E-state index contributed by atoms with van der Waals surface area (Å²) < 4.78 is 39.5. The highest BCUT2D eigenvalue weighted by Gasteiger charge is 2.28. The van der Waals surface area contributed by atoms with Crippen LogP contribution in [0.3, 0.4) is 0 Å². The molecular formula is C68H113O11P. The highest BCUT2D eigenvalue weighted by Crippen LogP contribution is 2.43. The van der Waals surface area contributed by atoms with Gasteiger partial charge in [-0.15, -0.1) is 0 Å². The molecule has 0 aliphatic heterocycles. The minimum Gasteiger partial charge on any atom is -0.462 e. The first-order valence-corrected chi connectivity index (χ1v) is 32.9. The number of unbranched alkanes of at least 4 members (excludes halogenated alkanes) is 20. The fourth-order valence-corrected chi connectivity index (χ4v) is 8.98. The molecule has 11 nitrogen and oxygen atoms in total. The molecule has 0 spiro atoms. The summed E-state index contributed by atoms with van der Waals surface area (Å²) >= 11 is 0. The minimum atomic E-state index is -4.78. The molecule has 2 N–H and O–H groups in total. The fraction of sp³-hybridized carbons (Fsp3) is 0.662. The maximum absolute atomic E-state index is 12.9. The van der Waals surface area contributed by atoms with Crippen LogP contribution in [0.1, 0.15) is 252 Å². The number of phosphoric acid groups is 1. The van der Waals surface area contributed by atoms with Crippen LogP contribution in [0.15, 0.2) is 122 Å². The van der Waals surface area contributed by atoms with E-state index in [0.29, 0.717) is 25.7 Å². The Labute approximate surface area is 487 Å². The van der Waals surface area contributed by atoms with Crippen LogP contribution in [0.5, 0.6) is 0 Å². The number of hydrogen-bond acceptors (Lipinski definition) is 10. The third kappa shape index (κ3) is 58.5. The monoisotopic (exact) mass is 1140 g/mol. The molecule has 0 amide bonds. The van der Waals surface area contributed by atoms with E-state index in [1.54, 1.807) is 0 Å². The number of allylic oxidation sites excluding steroid dienone is 20. The molecule has 0 aromatic rings. The number of ether oxygens (including phenoxy) is 3. The van der Waals surface area contributed by atoms with Gasteiger partial charge in [0, 0.05) is 19.3 Å². The lowest BCUT2D eigenvalue weighted by Crippen LogP contribution is -2.30. The second kappa shape index (κ2) is 61.0. The van der Waals surface area contributed by atoms with E-state index in [4.69, 9.17) is 23.3 Å². The van der Waals surface area contributed by atoms with Gasteiger partial charge in [0.2, 0.25) is 0 Å². The van der Waals surface area contributed by atoms with Gasteiger partial charge in [-0.3, -0.25) is 23.4 Å². The van der Waals surface area contributed by atoms with Crippen molar-refractivity contribution < 1.29 is 52.2 Å². The Hall–Kier alpha value is -4.12. The van der Waals surface area contributed by atoms with Crippen LogP contribution in [0.4, 0.5) is 0 Å². The molecule has 456 valence electrons. The van der Waals surface area contributed by atoms with Crippen LogP contribution in [-0.2, 0) is 42.2 Å². The number of phosphoric ester groups is 1. The van der Waals surface area contributed by atoms with Crippen molar-refractivity contribution in [3.05, 3.63) is 122 Å². The number of carbonyl (C=O) groups excluding carboxylic acids is 3. The number of hydrogen-bond donors (Lipinski definition) is 2. The van der Waals surface area contributed by atoms with Crippen molar-refractivity contribution in [2.45, 2.75) is 264 Å². The summed E-state index contributed by atoms with van der Waals surface area (Å²) in [5.74, 6) is -1.60. The Morgan fingerprint density at radius 2 is 0.675 bits per heavy atom. The second-order valence-corrected chi connectivity index (χ2v) is 21.9. The SMILES string of the molecule is CC/C=C\C/C=C\C/C=C\C/C=C\C/C=C\C/C=C\CCC(=O)OC(COC(=O)CCCCCC/C=C\C/C=C\C/C=C\C/C=C\CC)COP(=O)(O)OCC(CO)OC(=O)CCCCCCCCCCCCCCCCCCC. The first-order chi connectivity index (χ1) is 39.2. The third-order valence-electron chi connectivity index (χ3n) is 12.9. The topological polar surface area (TPSA) is 155 Å². The first-order valence-electron chi connectivity index (χ1n) is 31.4. The summed E-state index contributed by atoms with van der Waals surface area (Å²) in [6.45, 7) is 4.33. The summed E-state index contributed by atoms with van der Waals surface area (Å²) in [5.41, 5.74) is 0. The summed E-state index contributed by atoms with van der Waals surface area (Å²) in [4.78, 5) is 48.7. The lowest BCUT2D eigenvalue weighted by Gasteiger charge is -2.21. The maximum Gasteiger partial charge on any atom is 0.472 e. The van der Waals surface area contributed by atoms with Crippen molar-refractivity contribution in [3.8, 4) is 0 Å². The van der Waals surface area contributed by atoms with E-state index in [9.17, 15) is 28.9 Å². The van der Waals surface area contributed by atoms with Crippen molar-refractivity contribution in [1.82, 2.24) is 0 Å². The molecule has 0 rings (SSSR count). The van der Waals surface area contributed by atoms with E-state index in [1.807, 2.05) is 12.2 Å². The van der Waals surface area contributed by atoms with Gasteiger partial charge in [-0.05, 0) is 96.3 Å². The van der Waals surface area contributed by atoms with Gasteiger partial charge in [0.1, 0.15) is 12.7 Å². The largest absolute Gasteiger partial charge is 0.472 e. The molecule has 0 aliphatic rings. The maximum atomic E-state index is 12.9. The number of aliphatic hydroxyl groups is 1. The molecule has 0 saturated carbocycles. The molecule has 0 heterocycles. The summed E-state index contributed by atoms with van der Waals surface area (Å²) in [5, 5.41) is 9.85. The average molecular weight is 1140 g/mol. The predicted octanol–water partition coefficient (Wildman–Crippen LogP) is 19.1. The van der Waals surface area contributed by atoms with E-state index in [-0.39, 0.29) is 25.9 Å². The van der Waals surface area contributed by atoms with Gasteiger partial charge in [0.25, 0.3) is 0 Å². The first kappa shape index (κ1) is 75.9. The zero-order valence-corrected chi connectivity index (χ0v) is 51.4. The summed E-state index contributed by atoms with van der Waals surface area (Å²) in [7, 11) is -4.78. The van der Waals surface area contributed by atoms with Crippen LogP contribution in [-0.4, -0.2) is 66.5 Å². The molecule has 0 radical (unpaired) electrons. The zero-order chi connectivity index (χ0) is 58.3. The molecule has 3 unspecified atom stereocenters. The highest BCUT2D eigenvalue weighted by atomic mass is 31.2. The Bertz CT molecular complexity index is 1800. The van der Waals surface area contributed by atoms with Crippen molar-refractivity contribution >= 4 is 25.7 Å². The average Bonchev–Trinajstić information content (AvgIpc) is 3.45. The molecule has 0 saturated heterocycles. The molecular weight excluding hydrogens is 1020 g/mol. The smallest absolute Gasteiger partial charge is 0.462 e. The molecule has 0 bridgehead atoms. The predicted molar refractivity (Wildman–Crippen MR) is 334 cm³/mol. The van der Waals surface area contributed by atoms with Gasteiger partial charge in [0.15, 0.2) is 6.10 Å². The Kier molecular flexibility index (Phi) is 57.8. The Balaban J connectivity index is 4.84. The molecule has 0 aliphatic carbocycles. The lowest BCUT2D eigenvalue weighted by molar-refractivity contribution is -0.161.